The van der Waals surface area contributed by atoms with Crippen LogP contribution in [0.5, 0.6) is 0 Å². The number of anilines is 1. The maximum atomic E-state index is 11.2. The van der Waals surface area contributed by atoms with Crippen molar-refractivity contribution in [2.24, 2.45) is 5.73 Å². The molecular weight excluding hydrogens is 306 g/mol. The monoisotopic (exact) mass is 319 g/mol. The molecule has 0 aliphatic heterocycles. The number of nitrogens with zero attached hydrogens (tertiary/aromatic N) is 1. The summed E-state index contributed by atoms with van der Waals surface area (Å²) in [4.78, 5) is 21.7. The molecule has 0 saturated carbocycles. The summed E-state index contributed by atoms with van der Waals surface area (Å²) in [5.41, 5.74) is 6.13. The van der Waals surface area contributed by atoms with Gasteiger partial charge in [-0.15, -0.1) is 0 Å². The zero-order valence-corrected chi connectivity index (χ0v) is 12.5. The highest BCUT2D eigenvalue weighted by Crippen LogP contribution is 2.31. The van der Waals surface area contributed by atoms with Crippen molar-refractivity contribution in [2.75, 3.05) is 5.32 Å². The summed E-state index contributed by atoms with van der Waals surface area (Å²) in [7, 11) is 0. The minimum absolute atomic E-state index is 0.0858. The first kappa shape index (κ1) is 15.8. The standard InChI is InChI=1S/C15H14ClN3O3/c1-9(11-4-2-3-5-12(11)16)18-13-7-6-10(15(17)20)8-14(13)19(21)22/h2-9,18H,1H3,(H2,17,20)/t9-/m0/s1. The molecule has 0 saturated heterocycles. The Morgan fingerprint density at radius 2 is 2.00 bits per heavy atom. The van der Waals surface area contributed by atoms with E-state index in [2.05, 4.69) is 5.32 Å². The van der Waals surface area contributed by atoms with Gasteiger partial charge in [0.05, 0.1) is 11.0 Å². The Hall–Kier alpha value is -2.60. The number of nitrogens with two attached hydrogens (primary N) is 1. The first-order valence-corrected chi connectivity index (χ1v) is 6.87. The molecule has 0 radical (unpaired) electrons. The van der Waals surface area contributed by atoms with Crippen LogP contribution in [0, 0.1) is 10.1 Å². The number of hydrogen-bond donors (Lipinski definition) is 2. The number of primary amides is 1. The van der Waals surface area contributed by atoms with Crippen LogP contribution in [0.4, 0.5) is 11.4 Å². The van der Waals surface area contributed by atoms with E-state index in [1.165, 1.54) is 12.1 Å². The second-order valence-corrected chi connectivity index (χ2v) is 5.15. The molecule has 0 unspecified atom stereocenters. The van der Waals surface area contributed by atoms with Crippen LogP contribution in [0.3, 0.4) is 0 Å². The van der Waals surface area contributed by atoms with Gasteiger partial charge in [-0.3, -0.25) is 14.9 Å². The molecule has 2 rings (SSSR count). The zero-order valence-electron chi connectivity index (χ0n) is 11.7. The van der Waals surface area contributed by atoms with Crippen molar-refractivity contribution >= 4 is 28.9 Å². The molecule has 2 aromatic carbocycles. The largest absolute Gasteiger partial charge is 0.373 e. The fourth-order valence-electron chi connectivity index (χ4n) is 2.10. The van der Waals surface area contributed by atoms with E-state index >= 15 is 0 Å². The number of rotatable bonds is 5. The predicted octanol–water partition coefficient (Wildman–Crippen LogP) is 3.52. The first-order valence-electron chi connectivity index (χ1n) is 6.49. The van der Waals surface area contributed by atoms with Crippen LogP contribution in [0.2, 0.25) is 5.02 Å². The molecule has 2 aromatic rings. The number of nitro benzene ring substituents is 1. The summed E-state index contributed by atoms with van der Waals surface area (Å²) in [6.07, 6.45) is 0. The molecule has 7 heteroatoms. The molecular formula is C15H14ClN3O3. The second-order valence-electron chi connectivity index (χ2n) is 4.74. The van der Waals surface area contributed by atoms with Crippen molar-refractivity contribution in [3.8, 4) is 0 Å². The Kier molecular flexibility index (Phi) is 4.62. The van der Waals surface area contributed by atoms with Gasteiger partial charge >= 0.3 is 0 Å². The normalized spacial score (nSPS) is 11.7. The topological polar surface area (TPSA) is 98.3 Å². The van der Waals surface area contributed by atoms with Gasteiger partial charge in [-0.25, -0.2) is 0 Å². The summed E-state index contributed by atoms with van der Waals surface area (Å²) in [5.74, 6) is -0.714. The van der Waals surface area contributed by atoms with E-state index in [1.54, 1.807) is 6.07 Å². The van der Waals surface area contributed by atoms with Crippen LogP contribution >= 0.6 is 11.6 Å². The van der Waals surface area contributed by atoms with Crippen LogP contribution in [0.1, 0.15) is 28.9 Å². The van der Waals surface area contributed by atoms with Gasteiger partial charge in [0.1, 0.15) is 5.69 Å². The van der Waals surface area contributed by atoms with Gasteiger partial charge in [-0.05, 0) is 30.7 Å². The molecule has 1 amide bonds. The van der Waals surface area contributed by atoms with Crippen LogP contribution in [-0.4, -0.2) is 10.8 Å². The minimum atomic E-state index is -0.714. The summed E-state index contributed by atoms with van der Waals surface area (Å²) >= 11 is 6.12. The molecule has 0 aromatic heterocycles. The lowest BCUT2D eigenvalue weighted by Gasteiger charge is -2.17. The number of nitro groups is 1. The van der Waals surface area contributed by atoms with Gasteiger partial charge in [0.2, 0.25) is 5.91 Å². The molecule has 0 aliphatic rings. The van der Waals surface area contributed by atoms with E-state index in [-0.39, 0.29) is 17.3 Å². The van der Waals surface area contributed by atoms with E-state index in [0.717, 1.165) is 11.6 Å². The number of nitrogens with one attached hydrogen (secondary N) is 1. The van der Waals surface area contributed by atoms with E-state index < -0.39 is 10.8 Å². The maximum Gasteiger partial charge on any atom is 0.293 e. The van der Waals surface area contributed by atoms with Crippen molar-refractivity contribution < 1.29 is 9.72 Å². The Morgan fingerprint density at radius 3 is 2.59 bits per heavy atom. The van der Waals surface area contributed by atoms with E-state index in [9.17, 15) is 14.9 Å². The lowest BCUT2D eigenvalue weighted by atomic mass is 10.1. The highest BCUT2D eigenvalue weighted by molar-refractivity contribution is 6.31. The maximum absolute atomic E-state index is 11.2. The van der Waals surface area contributed by atoms with E-state index in [1.807, 2.05) is 25.1 Å². The molecule has 0 aliphatic carbocycles. The summed E-state index contributed by atoms with van der Waals surface area (Å²) in [6.45, 7) is 1.84. The Balaban J connectivity index is 2.35. The second kappa shape index (κ2) is 6.44. The summed E-state index contributed by atoms with van der Waals surface area (Å²) in [6, 6.07) is 11.1. The van der Waals surface area contributed by atoms with Crippen LogP contribution in [0.25, 0.3) is 0 Å². The molecule has 0 spiro atoms. The van der Waals surface area contributed by atoms with Gasteiger partial charge < -0.3 is 11.1 Å². The predicted molar refractivity (Wildman–Crippen MR) is 85.1 cm³/mol. The fraction of sp³-hybridized carbons (Fsp3) is 0.133. The first-order chi connectivity index (χ1) is 10.4. The van der Waals surface area contributed by atoms with Gasteiger partial charge in [0, 0.05) is 16.7 Å². The highest BCUT2D eigenvalue weighted by Gasteiger charge is 2.19. The number of benzene rings is 2. The minimum Gasteiger partial charge on any atom is -0.373 e. The Bertz CT molecular complexity index is 734. The Labute approximate surface area is 132 Å². The molecule has 1 atom stereocenters. The summed E-state index contributed by atoms with van der Waals surface area (Å²) < 4.78 is 0. The van der Waals surface area contributed by atoms with Gasteiger partial charge in [-0.2, -0.15) is 0 Å². The third-order valence-corrected chi connectivity index (χ3v) is 3.57. The van der Waals surface area contributed by atoms with Crippen LogP contribution in [-0.2, 0) is 0 Å². The number of carbonyl (C=O) groups excluding carboxylic acids is 1. The molecule has 3 N–H and O–H groups in total. The lowest BCUT2D eigenvalue weighted by Crippen LogP contribution is -2.13. The average Bonchev–Trinajstić information content (AvgIpc) is 2.47. The van der Waals surface area contributed by atoms with Crippen molar-refractivity contribution in [3.63, 3.8) is 0 Å². The van der Waals surface area contributed by atoms with E-state index in [0.29, 0.717) is 10.7 Å². The van der Waals surface area contributed by atoms with Gasteiger partial charge in [0.25, 0.3) is 5.69 Å². The fourth-order valence-corrected chi connectivity index (χ4v) is 2.39. The quantitative estimate of drug-likeness (QED) is 0.650. The van der Waals surface area contributed by atoms with Crippen molar-refractivity contribution in [3.05, 3.63) is 68.7 Å². The average molecular weight is 320 g/mol. The third kappa shape index (κ3) is 3.35. The van der Waals surface area contributed by atoms with Gasteiger partial charge in [0.15, 0.2) is 0 Å². The molecule has 114 valence electrons. The highest BCUT2D eigenvalue weighted by atomic mass is 35.5. The number of halogens is 1. The number of amides is 1. The Morgan fingerprint density at radius 1 is 1.32 bits per heavy atom. The number of hydrogen-bond acceptors (Lipinski definition) is 4. The third-order valence-electron chi connectivity index (χ3n) is 3.22. The molecule has 0 heterocycles. The van der Waals surface area contributed by atoms with Crippen molar-refractivity contribution in [1.82, 2.24) is 0 Å². The van der Waals surface area contributed by atoms with Crippen LogP contribution < -0.4 is 11.1 Å². The molecule has 6 nitrogen and oxygen atoms in total. The van der Waals surface area contributed by atoms with Crippen LogP contribution in [0.15, 0.2) is 42.5 Å². The van der Waals surface area contributed by atoms with E-state index in [4.69, 9.17) is 17.3 Å². The van der Waals surface area contributed by atoms with Crippen molar-refractivity contribution in [1.29, 1.82) is 0 Å². The number of carbonyl (C=O) groups is 1. The zero-order chi connectivity index (χ0) is 16.3. The summed E-state index contributed by atoms with van der Waals surface area (Å²) in [5, 5.41) is 14.8. The lowest BCUT2D eigenvalue weighted by molar-refractivity contribution is -0.384. The SMILES string of the molecule is C[C@H](Nc1ccc(C(N)=O)cc1[N+](=O)[O-])c1ccccc1Cl. The molecule has 0 fully saturated rings. The van der Waals surface area contributed by atoms with Crippen molar-refractivity contribution in [2.45, 2.75) is 13.0 Å². The molecule has 0 bridgehead atoms. The molecule has 22 heavy (non-hydrogen) atoms. The van der Waals surface area contributed by atoms with Gasteiger partial charge in [-0.1, -0.05) is 29.8 Å². The smallest absolute Gasteiger partial charge is 0.293 e.